The van der Waals surface area contributed by atoms with Gasteiger partial charge in [0.25, 0.3) is 0 Å². The number of rotatable bonds is 2. The van der Waals surface area contributed by atoms with Gasteiger partial charge in [-0.1, -0.05) is 11.8 Å². The van der Waals surface area contributed by atoms with Crippen molar-refractivity contribution in [3.63, 3.8) is 0 Å². The van der Waals surface area contributed by atoms with E-state index in [-0.39, 0.29) is 0 Å². The Morgan fingerprint density at radius 1 is 1.62 bits per heavy atom. The Labute approximate surface area is 78.9 Å². The summed E-state index contributed by atoms with van der Waals surface area (Å²) in [5.74, 6) is 6.15. The van der Waals surface area contributed by atoms with Crippen LogP contribution in [0.25, 0.3) is 0 Å². The van der Waals surface area contributed by atoms with Gasteiger partial charge in [-0.05, 0) is 19.9 Å². The Morgan fingerprint density at radius 2 is 2.38 bits per heavy atom. The molecule has 3 nitrogen and oxygen atoms in total. The summed E-state index contributed by atoms with van der Waals surface area (Å²) in [5, 5.41) is 4.20. The normalized spacial score (nSPS) is 9.46. The van der Waals surface area contributed by atoms with Crippen molar-refractivity contribution >= 4 is 0 Å². The van der Waals surface area contributed by atoms with Gasteiger partial charge in [-0.3, -0.25) is 4.68 Å². The average Bonchev–Trinajstić information content (AvgIpc) is 2.39. The van der Waals surface area contributed by atoms with E-state index in [1.165, 1.54) is 0 Å². The Kier molecular flexibility index (Phi) is 3.53. The molecule has 0 aromatic carbocycles. The lowest BCUT2D eigenvalue weighted by Crippen LogP contribution is -1.96. The van der Waals surface area contributed by atoms with Crippen LogP contribution in [0.15, 0.2) is 6.20 Å². The molecule has 0 bridgehead atoms. The topological polar surface area (TPSA) is 43.8 Å². The lowest BCUT2D eigenvalue weighted by atomic mass is 10.2. The second-order valence-electron chi connectivity index (χ2n) is 3.00. The SMILES string of the molecule is Cc1nn(C)cc1C#CCCCN. The highest BCUT2D eigenvalue weighted by Gasteiger charge is 1.97. The third-order valence-corrected chi connectivity index (χ3v) is 1.74. The van der Waals surface area contributed by atoms with Gasteiger partial charge in [0.2, 0.25) is 0 Å². The zero-order chi connectivity index (χ0) is 9.68. The molecule has 0 unspecified atom stereocenters. The molecule has 0 aliphatic carbocycles. The molecule has 1 heterocycles. The molecule has 1 rings (SSSR count). The van der Waals surface area contributed by atoms with Crippen LogP contribution in [0, 0.1) is 18.8 Å². The Bertz CT molecular complexity index is 328. The minimum absolute atomic E-state index is 0.709. The molecule has 1 aromatic heterocycles. The van der Waals surface area contributed by atoms with Crippen molar-refractivity contribution in [1.82, 2.24) is 9.78 Å². The third-order valence-electron chi connectivity index (χ3n) is 1.74. The fourth-order valence-corrected chi connectivity index (χ4v) is 1.07. The quantitative estimate of drug-likeness (QED) is 0.537. The van der Waals surface area contributed by atoms with Gasteiger partial charge in [0.1, 0.15) is 0 Å². The molecule has 0 fully saturated rings. The summed E-state index contributed by atoms with van der Waals surface area (Å²) in [7, 11) is 1.90. The molecule has 2 N–H and O–H groups in total. The fraction of sp³-hybridized carbons (Fsp3) is 0.500. The smallest absolute Gasteiger partial charge is 0.0750 e. The van der Waals surface area contributed by atoms with Crippen LogP contribution in [0.4, 0.5) is 0 Å². The van der Waals surface area contributed by atoms with Crippen molar-refractivity contribution in [1.29, 1.82) is 0 Å². The molecule has 0 spiro atoms. The van der Waals surface area contributed by atoms with E-state index in [0.717, 1.165) is 24.1 Å². The van der Waals surface area contributed by atoms with Gasteiger partial charge in [-0.15, -0.1) is 0 Å². The van der Waals surface area contributed by atoms with Gasteiger partial charge >= 0.3 is 0 Å². The summed E-state index contributed by atoms with van der Waals surface area (Å²) in [6.07, 6.45) is 3.77. The molecule has 0 atom stereocenters. The van der Waals surface area contributed by atoms with Crippen molar-refractivity contribution in [2.45, 2.75) is 19.8 Å². The fourth-order valence-electron chi connectivity index (χ4n) is 1.07. The standard InChI is InChI=1S/C10H15N3/c1-9-10(8-13(2)12-9)6-4-3-5-7-11/h8H,3,5,7,11H2,1-2H3. The first kappa shape index (κ1) is 9.82. The molecule has 0 amide bonds. The van der Waals surface area contributed by atoms with E-state index in [9.17, 15) is 0 Å². The molecule has 1 aromatic rings. The second kappa shape index (κ2) is 4.68. The van der Waals surface area contributed by atoms with Crippen LogP contribution < -0.4 is 5.73 Å². The predicted octanol–water partition coefficient (Wildman–Crippen LogP) is 0.819. The van der Waals surface area contributed by atoms with E-state index in [4.69, 9.17) is 5.73 Å². The van der Waals surface area contributed by atoms with E-state index in [0.29, 0.717) is 6.54 Å². The summed E-state index contributed by atoms with van der Waals surface area (Å²) >= 11 is 0. The van der Waals surface area contributed by atoms with E-state index in [1.54, 1.807) is 4.68 Å². The third kappa shape index (κ3) is 2.92. The maximum absolute atomic E-state index is 5.36. The van der Waals surface area contributed by atoms with Crippen LogP contribution in [0.3, 0.4) is 0 Å². The highest BCUT2D eigenvalue weighted by atomic mass is 15.2. The van der Waals surface area contributed by atoms with E-state index < -0.39 is 0 Å². The lowest BCUT2D eigenvalue weighted by molar-refractivity contribution is 0.756. The highest BCUT2D eigenvalue weighted by molar-refractivity contribution is 5.35. The monoisotopic (exact) mass is 177 g/mol. The maximum atomic E-state index is 5.36. The zero-order valence-corrected chi connectivity index (χ0v) is 8.17. The summed E-state index contributed by atoms with van der Waals surface area (Å²) in [6, 6.07) is 0. The number of nitrogens with zero attached hydrogens (tertiary/aromatic N) is 2. The zero-order valence-electron chi connectivity index (χ0n) is 8.17. The first-order valence-corrected chi connectivity index (χ1v) is 4.43. The Morgan fingerprint density at radius 3 is 2.92 bits per heavy atom. The lowest BCUT2D eigenvalue weighted by Gasteiger charge is -1.84. The number of hydrogen-bond donors (Lipinski definition) is 1. The van der Waals surface area contributed by atoms with E-state index in [1.807, 2.05) is 20.2 Å². The largest absolute Gasteiger partial charge is 0.330 e. The molecule has 0 radical (unpaired) electrons. The van der Waals surface area contributed by atoms with Crippen molar-refractivity contribution in [2.75, 3.05) is 6.54 Å². The van der Waals surface area contributed by atoms with E-state index in [2.05, 4.69) is 16.9 Å². The summed E-state index contributed by atoms with van der Waals surface area (Å²) in [6.45, 7) is 2.67. The highest BCUT2D eigenvalue weighted by Crippen LogP contribution is 2.01. The van der Waals surface area contributed by atoms with Gasteiger partial charge in [-0.25, -0.2) is 0 Å². The molecule has 0 saturated heterocycles. The molecular weight excluding hydrogens is 162 g/mol. The minimum atomic E-state index is 0.709. The molecular formula is C10H15N3. The van der Waals surface area contributed by atoms with Gasteiger partial charge < -0.3 is 5.73 Å². The summed E-state index contributed by atoms with van der Waals surface area (Å²) in [5.41, 5.74) is 7.36. The first-order chi connectivity index (χ1) is 6.24. The first-order valence-electron chi connectivity index (χ1n) is 4.43. The second-order valence-corrected chi connectivity index (χ2v) is 3.00. The summed E-state index contributed by atoms with van der Waals surface area (Å²) < 4.78 is 1.78. The van der Waals surface area contributed by atoms with E-state index >= 15 is 0 Å². The molecule has 0 aliphatic rings. The van der Waals surface area contributed by atoms with Crippen LogP contribution in [0.1, 0.15) is 24.1 Å². The van der Waals surface area contributed by atoms with Crippen LogP contribution in [0.2, 0.25) is 0 Å². The predicted molar refractivity (Wildman–Crippen MR) is 53.1 cm³/mol. The van der Waals surface area contributed by atoms with Gasteiger partial charge in [0.15, 0.2) is 0 Å². The number of nitrogens with two attached hydrogens (primary N) is 1. The maximum Gasteiger partial charge on any atom is 0.0750 e. The molecule has 0 saturated carbocycles. The molecule has 70 valence electrons. The minimum Gasteiger partial charge on any atom is -0.330 e. The van der Waals surface area contributed by atoms with Gasteiger partial charge in [-0.2, -0.15) is 5.10 Å². The van der Waals surface area contributed by atoms with Crippen molar-refractivity contribution in [3.05, 3.63) is 17.5 Å². The number of aromatic nitrogens is 2. The molecule has 0 aliphatic heterocycles. The average molecular weight is 177 g/mol. The van der Waals surface area contributed by atoms with Crippen molar-refractivity contribution < 1.29 is 0 Å². The van der Waals surface area contributed by atoms with Crippen molar-refractivity contribution in [3.8, 4) is 11.8 Å². The van der Waals surface area contributed by atoms with Gasteiger partial charge in [0.05, 0.1) is 11.3 Å². The molecule has 3 heteroatoms. The van der Waals surface area contributed by atoms with Crippen LogP contribution in [0.5, 0.6) is 0 Å². The summed E-state index contributed by atoms with van der Waals surface area (Å²) in [4.78, 5) is 0. The van der Waals surface area contributed by atoms with Crippen LogP contribution in [-0.2, 0) is 7.05 Å². The number of unbranched alkanes of at least 4 members (excludes halogenated alkanes) is 1. The Hall–Kier alpha value is -1.27. The number of hydrogen-bond acceptors (Lipinski definition) is 2. The van der Waals surface area contributed by atoms with Crippen molar-refractivity contribution in [2.24, 2.45) is 12.8 Å². The van der Waals surface area contributed by atoms with Crippen LogP contribution in [-0.4, -0.2) is 16.3 Å². The Balaban J connectivity index is 2.60. The molecule has 13 heavy (non-hydrogen) atoms. The van der Waals surface area contributed by atoms with Gasteiger partial charge in [0, 0.05) is 19.7 Å². The number of aryl methyl sites for hydroxylation is 2. The van der Waals surface area contributed by atoms with Crippen LogP contribution >= 0.6 is 0 Å².